The van der Waals surface area contributed by atoms with Crippen LogP contribution >= 0.6 is 0 Å². The van der Waals surface area contributed by atoms with Crippen LogP contribution in [0, 0.1) is 0 Å². The second-order valence-corrected chi connectivity index (χ2v) is 5.68. The molecule has 1 fully saturated rings. The van der Waals surface area contributed by atoms with Crippen molar-refractivity contribution in [2.24, 2.45) is 0 Å². The van der Waals surface area contributed by atoms with Gasteiger partial charge in [-0.3, -0.25) is 4.90 Å². The number of hydrogen-bond donors (Lipinski definition) is 1. The normalized spacial score (nSPS) is 16.3. The van der Waals surface area contributed by atoms with E-state index in [0.29, 0.717) is 12.0 Å². The van der Waals surface area contributed by atoms with Gasteiger partial charge in [0, 0.05) is 19.1 Å². The third-order valence-electron chi connectivity index (χ3n) is 4.01. The van der Waals surface area contributed by atoms with Crippen molar-refractivity contribution in [2.45, 2.75) is 51.6 Å². The molecule has 0 amide bonds. The van der Waals surface area contributed by atoms with Crippen molar-refractivity contribution in [3.63, 3.8) is 0 Å². The lowest BCUT2D eigenvalue weighted by molar-refractivity contribution is 0.0945. The van der Waals surface area contributed by atoms with Crippen LogP contribution in [0.4, 0.5) is 0 Å². The van der Waals surface area contributed by atoms with Gasteiger partial charge in [-0.1, -0.05) is 44.5 Å². The van der Waals surface area contributed by atoms with Crippen LogP contribution in [0.3, 0.4) is 0 Å². The molecule has 0 aromatic heterocycles. The molecule has 1 aliphatic carbocycles. The second kappa shape index (κ2) is 6.35. The lowest BCUT2D eigenvalue weighted by Gasteiger charge is -2.37. The number of benzene rings is 1. The maximum Gasteiger partial charge on any atom is 0.0558 e. The van der Waals surface area contributed by atoms with E-state index in [0.717, 1.165) is 13.1 Å². The Bertz CT molecular complexity index is 354. The maximum atomic E-state index is 9.16. The van der Waals surface area contributed by atoms with E-state index in [1.807, 2.05) is 0 Å². The molecule has 2 rings (SSSR count). The summed E-state index contributed by atoms with van der Waals surface area (Å²) in [5.41, 5.74) is 2.76. The Labute approximate surface area is 111 Å². The third-order valence-corrected chi connectivity index (χ3v) is 4.01. The molecule has 18 heavy (non-hydrogen) atoms. The van der Waals surface area contributed by atoms with Crippen molar-refractivity contribution >= 4 is 0 Å². The topological polar surface area (TPSA) is 23.5 Å². The fourth-order valence-corrected chi connectivity index (χ4v) is 2.51. The number of aliphatic hydroxyl groups excluding tert-OH is 1. The largest absolute Gasteiger partial charge is 0.395 e. The highest BCUT2D eigenvalue weighted by atomic mass is 16.3. The summed E-state index contributed by atoms with van der Waals surface area (Å²) in [5, 5.41) is 9.16. The van der Waals surface area contributed by atoms with Crippen molar-refractivity contribution in [3.8, 4) is 0 Å². The van der Waals surface area contributed by atoms with Crippen LogP contribution in [0.2, 0.25) is 0 Å². The molecule has 1 aliphatic rings. The van der Waals surface area contributed by atoms with E-state index >= 15 is 0 Å². The standard InChI is InChI=1S/C16H25NO/c1-13(2)15-8-6-14(7-9-15)12-17(10-11-18)16-4-3-5-16/h6-9,13,16,18H,3-5,10-12H2,1-2H3. The highest BCUT2D eigenvalue weighted by Crippen LogP contribution is 2.26. The molecule has 0 bridgehead atoms. The van der Waals surface area contributed by atoms with E-state index in [-0.39, 0.29) is 6.61 Å². The maximum absolute atomic E-state index is 9.16. The van der Waals surface area contributed by atoms with Gasteiger partial charge in [0.15, 0.2) is 0 Å². The summed E-state index contributed by atoms with van der Waals surface area (Å²) >= 11 is 0. The van der Waals surface area contributed by atoms with Crippen molar-refractivity contribution in [2.75, 3.05) is 13.2 Å². The van der Waals surface area contributed by atoms with Crippen LogP contribution in [-0.4, -0.2) is 29.2 Å². The smallest absolute Gasteiger partial charge is 0.0558 e. The van der Waals surface area contributed by atoms with Gasteiger partial charge in [-0.15, -0.1) is 0 Å². The molecule has 0 aliphatic heterocycles. The fourth-order valence-electron chi connectivity index (χ4n) is 2.51. The van der Waals surface area contributed by atoms with E-state index in [2.05, 4.69) is 43.0 Å². The van der Waals surface area contributed by atoms with Crippen LogP contribution in [0.1, 0.15) is 50.2 Å². The first kappa shape index (κ1) is 13.6. The van der Waals surface area contributed by atoms with Crippen molar-refractivity contribution in [1.82, 2.24) is 4.90 Å². The van der Waals surface area contributed by atoms with Crippen LogP contribution < -0.4 is 0 Å². The summed E-state index contributed by atoms with van der Waals surface area (Å²) in [6.07, 6.45) is 3.94. The summed E-state index contributed by atoms with van der Waals surface area (Å²) in [5.74, 6) is 0.597. The first-order chi connectivity index (χ1) is 8.70. The van der Waals surface area contributed by atoms with Gasteiger partial charge in [-0.2, -0.15) is 0 Å². The molecule has 1 N–H and O–H groups in total. The number of hydrogen-bond acceptors (Lipinski definition) is 2. The molecule has 0 atom stereocenters. The van der Waals surface area contributed by atoms with E-state index in [4.69, 9.17) is 5.11 Å². The zero-order valence-corrected chi connectivity index (χ0v) is 11.6. The summed E-state index contributed by atoms with van der Waals surface area (Å²) in [6, 6.07) is 9.63. The minimum atomic E-state index is 0.264. The predicted molar refractivity (Wildman–Crippen MR) is 75.7 cm³/mol. The Morgan fingerprint density at radius 3 is 2.33 bits per heavy atom. The highest BCUT2D eigenvalue weighted by molar-refractivity contribution is 5.24. The Kier molecular flexibility index (Phi) is 4.79. The lowest BCUT2D eigenvalue weighted by atomic mass is 9.91. The predicted octanol–water partition coefficient (Wildman–Crippen LogP) is 3.16. The van der Waals surface area contributed by atoms with Crippen LogP contribution in [0.15, 0.2) is 24.3 Å². The van der Waals surface area contributed by atoms with Crippen molar-refractivity contribution < 1.29 is 5.11 Å². The van der Waals surface area contributed by atoms with Crippen molar-refractivity contribution in [1.29, 1.82) is 0 Å². The summed E-state index contributed by atoms with van der Waals surface area (Å²) < 4.78 is 0. The van der Waals surface area contributed by atoms with Crippen LogP contribution in [-0.2, 0) is 6.54 Å². The van der Waals surface area contributed by atoms with Gasteiger partial charge in [-0.05, 0) is 29.9 Å². The Hall–Kier alpha value is -0.860. The SMILES string of the molecule is CC(C)c1ccc(CN(CCO)C2CCC2)cc1. The van der Waals surface area contributed by atoms with E-state index in [1.54, 1.807) is 0 Å². The fraction of sp³-hybridized carbons (Fsp3) is 0.625. The third kappa shape index (κ3) is 3.33. The molecule has 1 aromatic rings. The van der Waals surface area contributed by atoms with Crippen LogP contribution in [0.25, 0.3) is 0 Å². The molecule has 1 saturated carbocycles. The molecule has 2 heteroatoms. The van der Waals surface area contributed by atoms with Crippen LogP contribution in [0.5, 0.6) is 0 Å². The van der Waals surface area contributed by atoms with E-state index < -0.39 is 0 Å². The van der Waals surface area contributed by atoms with E-state index in [9.17, 15) is 0 Å². The molecule has 1 aromatic carbocycles. The van der Waals surface area contributed by atoms with Gasteiger partial charge in [-0.25, -0.2) is 0 Å². The second-order valence-electron chi connectivity index (χ2n) is 5.68. The molecule has 0 spiro atoms. The molecular weight excluding hydrogens is 222 g/mol. The minimum absolute atomic E-state index is 0.264. The molecule has 0 radical (unpaired) electrons. The zero-order valence-electron chi connectivity index (χ0n) is 11.6. The molecule has 2 nitrogen and oxygen atoms in total. The number of aliphatic hydroxyl groups is 1. The Morgan fingerprint density at radius 2 is 1.89 bits per heavy atom. The van der Waals surface area contributed by atoms with Crippen molar-refractivity contribution in [3.05, 3.63) is 35.4 Å². The summed E-state index contributed by atoms with van der Waals surface area (Å²) in [7, 11) is 0. The Balaban J connectivity index is 1.97. The molecule has 0 heterocycles. The highest BCUT2D eigenvalue weighted by Gasteiger charge is 2.24. The monoisotopic (exact) mass is 247 g/mol. The van der Waals surface area contributed by atoms with Gasteiger partial charge in [0.2, 0.25) is 0 Å². The van der Waals surface area contributed by atoms with E-state index in [1.165, 1.54) is 30.4 Å². The lowest BCUT2D eigenvalue weighted by Crippen LogP contribution is -2.41. The molecular formula is C16H25NO. The molecule has 100 valence electrons. The quantitative estimate of drug-likeness (QED) is 0.834. The minimum Gasteiger partial charge on any atom is -0.395 e. The van der Waals surface area contributed by atoms with Gasteiger partial charge in [0.05, 0.1) is 6.61 Å². The average Bonchev–Trinajstić information content (AvgIpc) is 2.27. The number of rotatable bonds is 6. The van der Waals surface area contributed by atoms with Gasteiger partial charge in [0.1, 0.15) is 0 Å². The molecule has 0 unspecified atom stereocenters. The molecule has 0 saturated heterocycles. The summed E-state index contributed by atoms with van der Waals surface area (Å²) in [4.78, 5) is 2.42. The average molecular weight is 247 g/mol. The zero-order chi connectivity index (χ0) is 13.0. The van der Waals surface area contributed by atoms with Gasteiger partial charge >= 0.3 is 0 Å². The Morgan fingerprint density at radius 1 is 1.22 bits per heavy atom. The van der Waals surface area contributed by atoms with Gasteiger partial charge < -0.3 is 5.11 Å². The number of nitrogens with zero attached hydrogens (tertiary/aromatic N) is 1. The summed E-state index contributed by atoms with van der Waals surface area (Å²) in [6.45, 7) is 6.49. The first-order valence-electron chi connectivity index (χ1n) is 7.14. The van der Waals surface area contributed by atoms with Gasteiger partial charge in [0.25, 0.3) is 0 Å². The first-order valence-corrected chi connectivity index (χ1v) is 7.14.